The van der Waals surface area contributed by atoms with Gasteiger partial charge in [-0.1, -0.05) is 29.8 Å². The van der Waals surface area contributed by atoms with E-state index in [-0.39, 0.29) is 12.1 Å². The number of hydrogen-bond donors (Lipinski definition) is 1. The first-order valence-corrected chi connectivity index (χ1v) is 11.2. The van der Waals surface area contributed by atoms with Gasteiger partial charge >= 0.3 is 0 Å². The second-order valence-corrected chi connectivity index (χ2v) is 8.89. The van der Waals surface area contributed by atoms with Crippen LogP contribution in [0, 0.1) is 18.6 Å². The minimum Gasteiger partial charge on any atom is -0.381 e. The number of benzene rings is 2. The van der Waals surface area contributed by atoms with Crippen LogP contribution in [0.4, 0.5) is 8.78 Å². The summed E-state index contributed by atoms with van der Waals surface area (Å²) < 4.78 is 32.1. The van der Waals surface area contributed by atoms with Gasteiger partial charge in [0.05, 0.1) is 18.8 Å². The number of aliphatic hydroxyl groups is 1. The Morgan fingerprint density at radius 1 is 1.15 bits per heavy atom. The van der Waals surface area contributed by atoms with Crippen LogP contribution in [0.25, 0.3) is 11.3 Å². The van der Waals surface area contributed by atoms with E-state index < -0.39 is 23.3 Å². The third-order valence-electron chi connectivity index (χ3n) is 6.65. The summed E-state index contributed by atoms with van der Waals surface area (Å²) in [6.07, 6.45) is 4.88. The second kappa shape index (κ2) is 8.73. The summed E-state index contributed by atoms with van der Waals surface area (Å²) >= 11 is 0. The predicted molar refractivity (Wildman–Crippen MR) is 123 cm³/mol. The topological polar surface area (TPSA) is 72.0 Å². The van der Waals surface area contributed by atoms with Crippen molar-refractivity contribution < 1.29 is 13.9 Å². The molecule has 0 spiro atoms. The van der Waals surface area contributed by atoms with E-state index in [1.807, 2.05) is 38.2 Å². The van der Waals surface area contributed by atoms with E-state index in [1.165, 1.54) is 29.0 Å². The van der Waals surface area contributed by atoms with Crippen molar-refractivity contribution in [3.05, 3.63) is 89.9 Å². The van der Waals surface area contributed by atoms with Gasteiger partial charge in [-0.2, -0.15) is 5.10 Å². The molecule has 176 valence electrons. The molecular formula is C25H26F2N6O. The van der Waals surface area contributed by atoms with E-state index >= 15 is 0 Å². The van der Waals surface area contributed by atoms with Crippen LogP contribution >= 0.6 is 0 Å². The van der Waals surface area contributed by atoms with E-state index in [0.717, 1.165) is 29.2 Å². The molecule has 2 aromatic carbocycles. The van der Waals surface area contributed by atoms with E-state index in [1.54, 1.807) is 0 Å². The monoisotopic (exact) mass is 464 g/mol. The van der Waals surface area contributed by atoms with Gasteiger partial charge in [0.1, 0.15) is 35.7 Å². The fourth-order valence-electron chi connectivity index (χ4n) is 4.69. The molecule has 3 heterocycles. The zero-order valence-electron chi connectivity index (χ0n) is 19.1. The minimum absolute atomic E-state index is 0.0197. The lowest BCUT2D eigenvalue weighted by Crippen LogP contribution is -2.53. The molecule has 1 N–H and O–H groups in total. The Hall–Kier alpha value is -3.43. The molecule has 0 aliphatic carbocycles. The summed E-state index contributed by atoms with van der Waals surface area (Å²) in [4.78, 5) is 10.9. The first kappa shape index (κ1) is 22.4. The third kappa shape index (κ3) is 4.12. The van der Waals surface area contributed by atoms with Crippen LogP contribution in [0.3, 0.4) is 0 Å². The highest BCUT2D eigenvalue weighted by molar-refractivity contribution is 5.59. The van der Waals surface area contributed by atoms with Crippen molar-refractivity contribution >= 4 is 0 Å². The molecule has 2 atom stereocenters. The highest BCUT2D eigenvalue weighted by Gasteiger charge is 2.43. The predicted octanol–water partition coefficient (Wildman–Crippen LogP) is 3.52. The Kier molecular flexibility index (Phi) is 5.75. The molecule has 7 nitrogen and oxygen atoms in total. The lowest BCUT2D eigenvalue weighted by molar-refractivity contribution is -0.0709. The number of nitrogens with zero attached hydrogens (tertiary/aromatic N) is 6. The Labute approximate surface area is 196 Å². The maximum Gasteiger partial charge on any atom is 0.137 e. The van der Waals surface area contributed by atoms with Crippen LogP contribution in [0.1, 0.15) is 23.9 Å². The number of hydrogen-bond acceptors (Lipinski definition) is 5. The molecule has 0 bridgehead atoms. The van der Waals surface area contributed by atoms with Gasteiger partial charge in [-0.15, -0.1) is 0 Å². The lowest BCUT2D eigenvalue weighted by Gasteiger charge is -2.42. The van der Waals surface area contributed by atoms with Crippen molar-refractivity contribution in [1.82, 2.24) is 29.2 Å². The summed E-state index contributed by atoms with van der Waals surface area (Å²) in [5, 5.41) is 16.0. The number of aromatic nitrogens is 5. The van der Waals surface area contributed by atoms with Gasteiger partial charge in [-0.05, 0) is 26.0 Å². The summed E-state index contributed by atoms with van der Waals surface area (Å²) in [6.45, 7) is 5.67. The van der Waals surface area contributed by atoms with Gasteiger partial charge in [0.25, 0.3) is 0 Å². The molecule has 0 amide bonds. The van der Waals surface area contributed by atoms with E-state index in [9.17, 15) is 13.9 Å². The molecule has 0 radical (unpaired) electrons. The maximum atomic E-state index is 14.9. The van der Waals surface area contributed by atoms with Crippen molar-refractivity contribution in [2.75, 3.05) is 6.54 Å². The van der Waals surface area contributed by atoms with E-state index in [2.05, 4.69) is 25.6 Å². The number of halogens is 2. The molecule has 5 rings (SSSR count). The fourth-order valence-corrected chi connectivity index (χ4v) is 4.69. The molecule has 0 saturated carbocycles. The van der Waals surface area contributed by atoms with Crippen LogP contribution < -0.4 is 0 Å². The van der Waals surface area contributed by atoms with Gasteiger partial charge in [-0.25, -0.2) is 23.4 Å². The third-order valence-corrected chi connectivity index (χ3v) is 6.65. The van der Waals surface area contributed by atoms with Gasteiger partial charge in [0.15, 0.2) is 0 Å². The van der Waals surface area contributed by atoms with Gasteiger partial charge in [0, 0.05) is 42.5 Å². The second-order valence-electron chi connectivity index (χ2n) is 8.89. The highest BCUT2D eigenvalue weighted by Crippen LogP contribution is 2.34. The quantitative estimate of drug-likeness (QED) is 0.473. The summed E-state index contributed by atoms with van der Waals surface area (Å²) in [5.74, 6) is -0.618. The molecular weight excluding hydrogens is 438 g/mol. The van der Waals surface area contributed by atoms with Crippen molar-refractivity contribution in [2.24, 2.45) is 0 Å². The number of aryl methyl sites for hydroxylation is 1. The number of imidazole rings is 1. The first-order chi connectivity index (χ1) is 16.3. The molecule has 2 aromatic heterocycles. The standard InChI is InChI=1S/C25H26F2N6O/c1-17-4-3-5-19(10-17)23-12-32-9-8-31(13-24(32)30-23)18(2)25(34,14-33-16-28-15-29-33)21-7-6-20(26)11-22(21)27/h3-7,10-12,15-16,18,34H,8-9,13-14H2,1-2H3. The normalized spacial score (nSPS) is 16.7. The Morgan fingerprint density at radius 3 is 2.74 bits per heavy atom. The maximum absolute atomic E-state index is 14.9. The average Bonchev–Trinajstić information content (AvgIpc) is 3.47. The van der Waals surface area contributed by atoms with Crippen molar-refractivity contribution in [3.8, 4) is 11.3 Å². The summed E-state index contributed by atoms with van der Waals surface area (Å²) in [5.41, 5.74) is 1.46. The first-order valence-electron chi connectivity index (χ1n) is 11.2. The molecule has 34 heavy (non-hydrogen) atoms. The molecule has 1 aliphatic rings. The Bertz CT molecular complexity index is 1300. The minimum atomic E-state index is -1.68. The SMILES string of the molecule is Cc1cccc(-c2cn3c(n2)CN(C(C)C(O)(Cn2cncn2)c2ccc(F)cc2F)CC3)c1. The van der Waals surface area contributed by atoms with E-state index in [0.29, 0.717) is 19.6 Å². The lowest BCUT2D eigenvalue weighted by atomic mass is 9.85. The van der Waals surface area contributed by atoms with Crippen molar-refractivity contribution in [1.29, 1.82) is 0 Å². The van der Waals surface area contributed by atoms with Crippen molar-refractivity contribution in [3.63, 3.8) is 0 Å². The fraction of sp³-hybridized carbons (Fsp3) is 0.320. The largest absolute Gasteiger partial charge is 0.381 e. The molecule has 1 aliphatic heterocycles. The van der Waals surface area contributed by atoms with Crippen LogP contribution in [-0.2, 0) is 25.2 Å². The zero-order valence-corrected chi connectivity index (χ0v) is 19.1. The van der Waals surface area contributed by atoms with Gasteiger partial charge < -0.3 is 9.67 Å². The van der Waals surface area contributed by atoms with Crippen molar-refractivity contribution in [2.45, 2.75) is 45.1 Å². The summed E-state index contributed by atoms with van der Waals surface area (Å²) in [7, 11) is 0. The molecule has 4 aromatic rings. The average molecular weight is 465 g/mol. The van der Waals surface area contributed by atoms with E-state index in [4.69, 9.17) is 4.98 Å². The number of fused-ring (bicyclic) bond motifs is 1. The van der Waals surface area contributed by atoms with Crippen LogP contribution in [-0.4, -0.2) is 46.9 Å². The Balaban J connectivity index is 1.46. The van der Waals surface area contributed by atoms with Crippen LogP contribution in [0.15, 0.2) is 61.3 Å². The number of rotatable bonds is 6. The van der Waals surface area contributed by atoms with Gasteiger partial charge in [-0.3, -0.25) is 4.90 Å². The molecule has 9 heteroatoms. The smallest absolute Gasteiger partial charge is 0.137 e. The zero-order chi connectivity index (χ0) is 23.9. The van der Waals surface area contributed by atoms with Gasteiger partial charge in [0.2, 0.25) is 0 Å². The molecule has 0 saturated heterocycles. The molecule has 0 fully saturated rings. The Morgan fingerprint density at radius 2 is 2.00 bits per heavy atom. The van der Waals surface area contributed by atoms with Crippen LogP contribution in [0.2, 0.25) is 0 Å². The summed E-state index contributed by atoms with van der Waals surface area (Å²) in [6, 6.07) is 10.9. The highest BCUT2D eigenvalue weighted by atomic mass is 19.1. The van der Waals surface area contributed by atoms with Crippen LogP contribution in [0.5, 0.6) is 0 Å². The molecule has 2 unspecified atom stereocenters.